The van der Waals surface area contributed by atoms with Crippen LogP contribution in [0.25, 0.3) is 11.4 Å². The number of hydrogen-bond acceptors (Lipinski definition) is 6. The van der Waals surface area contributed by atoms with E-state index < -0.39 is 9.84 Å². The van der Waals surface area contributed by atoms with Crippen molar-refractivity contribution >= 4 is 15.7 Å². The quantitative estimate of drug-likeness (QED) is 0.825. The number of carbonyl (C=O) groups excluding carboxylic acids is 1. The highest BCUT2D eigenvalue weighted by Gasteiger charge is 2.29. The van der Waals surface area contributed by atoms with E-state index in [2.05, 4.69) is 20.7 Å². The van der Waals surface area contributed by atoms with Crippen molar-refractivity contribution in [3.8, 4) is 11.4 Å². The Morgan fingerprint density at radius 3 is 2.74 bits per heavy atom. The van der Waals surface area contributed by atoms with Gasteiger partial charge in [0.1, 0.15) is 12.4 Å². The topological polar surface area (TPSA) is 107 Å². The molecular weight excluding hydrogens is 325 g/mol. The number of benzene rings is 1. The van der Waals surface area contributed by atoms with Gasteiger partial charge in [-0.3, -0.25) is 4.79 Å². The lowest BCUT2D eigenvalue weighted by molar-refractivity contribution is -0.122. The minimum Gasteiger partial charge on any atom is -0.351 e. The first-order valence-electron chi connectivity index (χ1n) is 6.95. The lowest BCUT2D eigenvalue weighted by atomic mass is 10.2. The Labute approximate surface area is 131 Å². The highest BCUT2D eigenvalue weighted by atomic mass is 32.2. The number of tetrazole rings is 1. The molecule has 1 saturated heterocycles. The predicted octanol–water partition coefficient (Wildman–Crippen LogP) is -0.218. The van der Waals surface area contributed by atoms with E-state index in [4.69, 9.17) is 0 Å². The molecule has 0 bridgehead atoms. The molecule has 2 heterocycles. The molecule has 0 aliphatic carbocycles. The SMILES string of the molecule is O=C(Cn1nnc(-c2ccc(F)cc2)n1)N[C@@H]1CCS(=O)(=O)C1. The smallest absolute Gasteiger partial charge is 0.243 e. The van der Waals surface area contributed by atoms with Crippen LogP contribution in [0, 0.1) is 5.82 Å². The Morgan fingerprint density at radius 2 is 2.09 bits per heavy atom. The van der Waals surface area contributed by atoms with Crippen LogP contribution in [0.5, 0.6) is 0 Å². The van der Waals surface area contributed by atoms with Gasteiger partial charge in [0, 0.05) is 11.6 Å². The number of rotatable bonds is 4. The molecule has 1 aromatic heterocycles. The van der Waals surface area contributed by atoms with Gasteiger partial charge in [-0.05, 0) is 35.9 Å². The number of amides is 1. The normalized spacial score (nSPS) is 19.6. The van der Waals surface area contributed by atoms with Crippen molar-refractivity contribution in [2.45, 2.75) is 19.0 Å². The third-order valence-corrected chi connectivity index (χ3v) is 5.21. The lowest BCUT2D eigenvalue weighted by Gasteiger charge is -2.09. The van der Waals surface area contributed by atoms with Gasteiger partial charge < -0.3 is 5.32 Å². The van der Waals surface area contributed by atoms with Crippen molar-refractivity contribution in [2.75, 3.05) is 11.5 Å². The molecular formula is C13H14FN5O3S. The molecule has 23 heavy (non-hydrogen) atoms. The number of sulfone groups is 1. The van der Waals surface area contributed by atoms with Crippen LogP contribution in [0.4, 0.5) is 4.39 Å². The maximum Gasteiger partial charge on any atom is 0.243 e. The first-order valence-corrected chi connectivity index (χ1v) is 8.77. The molecule has 8 nitrogen and oxygen atoms in total. The Balaban J connectivity index is 1.60. The summed E-state index contributed by atoms with van der Waals surface area (Å²) < 4.78 is 35.6. The van der Waals surface area contributed by atoms with Crippen LogP contribution >= 0.6 is 0 Å². The third-order valence-electron chi connectivity index (χ3n) is 3.44. The standard InChI is InChI=1S/C13H14FN5O3S/c14-10-3-1-9(2-4-10)13-16-18-19(17-13)7-12(20)15-11-5-6-23(21,22)8-11/h1-4,11H,5-8H2,(H,15,20)/t11-/m1/s1. The number of halogens is 1. The minimum absolute atomic E-state index is 0.0373. The van der Waals surface area contributed by atoms with E-state index in [0.717, 1.165) is 4.80 Å². The van der Waals surface area contributed by atoms with E-state index >= 15 is 0 Å². The summed E-state index contributed by atoms with van der Waals surface area (Å²) >= 11 is 0. The molecule has 1 aliphatic heterocycles. The van der Waals surface area contributed by atoms with Gasteiger partial charge in [-0.15, -0.1) is 10.2 Å². The van der Waals surface area contributed by atoms with Gasteiger partial charge in [-0.25, -0.2) is 12.8 Å². The summed E-state index contributed by atoms with van der Waals surface area (Å²) in [6, 6.07) is 5.22. The van der Waals surface area contributed by atoms with Crippen LogP contribution in [0.1, 0.15) is 6.42 Å². The van der Waals surface area contributed by atoms with Crippen LogP contribution in [0.2, 0.25) is 0 Å². The summed E-state index contributed by atoms with van der Waals surface area (Å²) in [5, 5.41) is 14.3. The summed E-state index contributed by atoms with van der Waals surface area (Å²) in [6.45, 7) is -0.162. The molecule has 1 fully saturated rings. The van der Waals surface area contributed by atoms with Crippen molar-refractivity contribution in [3.05, 3.63) is 30.1 Å². The average Bonchev–Trinajstić information content (AvgIpc) is 3.06. The van der Waals surface area contributed by atoms with Crippen LogP contribution in [0.15, 0.2) is 24.3 Å². The van der Waals surface area contributed by atoms with Crippen molar-refractivity contribution in [3.63, 3.8) is 0 Å². The molecule has 0 saturated carbocycles. The second kappa shape index (κ2) is 6.03. The molecule has 0 radical (unpaired) electrons. The van der Waals surface area contributed by atoms with Gasteiger partial charge >= 0.3 is 0 Å². The summed E-state index contributed by atoms with van der Waals surface area (Å²) in [4.78, 5) is 13.0. The molecule has 1 aliphatic rings. The summed E-state index contributed by atoms with van der Waals surface area (Å²) in [5.41, 5.74) is 0.583. The second-order valence-corrected chi connectivity index (χ2v) is 7.55. The first-order chi connectivity index (χ1) is 10.9. The van der Waals surface area contributed by atoms with Gasteiger partial charge in [0.2, 0.25) is 11.7 Å². The van der Waals surface area contributed by atoms with E-state index in [1.54, 1.807) is 0 Å². The van der Waals surface area contributed by atoms with E-state index in [9.17, 15) is 17.6 Å². The molecule has 0 spiro atoms. The van der Waals surface area contributed by atoms with Gasteiger partial charge in [0.05, 0.1) is 11.5 Å². The molecule has 1 amide bonds. The molecule has 122 valence electrons. The van der Waals surface area contributed by atoms with Crippen LogP contribution in [0.3, 0.4) is 0 Å². The predicted molar refractivity (Wildman–Crippen MR) is 78.4 cm³/mol. The average molecular weight is 339 g/mol. The van der Waals surface area contributed by atoms with Crippen LogP contribution in [-0.4, -0.2) is 52.1 Å². The molecule has 3 rings (SSSR count). The maximum atomic E-state index is 12.9. The van der Waals surface area contributed by atoms with Gasteiger partial charge in [-0.2, -0.15) is 4.80 Å². The van der Waals surface area contributed by atoms with E-state index in [1.807, 2.05) is 0 Å². The van der Waals surface area contributed by atoms with Gasteiger partial charge in [-0.1, -0.05) is 0 Å². The Kier molecular flexibility index (Phi) is 4.07. The van der Waals surface area contributed by atoms with Crippen molar-refractivity contribution in [1.82, 2.24) is 25.5 Å². The number of aromatic nitrogens is 4. The molecule has 1 atom stereocenters. The van der Waals surface area contributed by atoms with Gasteiger partial charge in [0.15, 0.2) is 9.84 Å². The molecule has 0 unspecified atom stereocenters. The lowest BCUT2D eigenvalue weighted by Crippen LogP contribution is -2.38. The fourth-order valence-electron chi connectivity index (χ4n) is 2.34. The molecule has 2 aromatic rings. The Morgan fingerprint density at radius 1 is 1.35 bits per heavy atom. The zero-order valence-electron chi connectivity index (χ0n) is 12.0. The maximum absolute atomic E-state index is 12.9. The van der Waals surface area contributed by atoms with E-state index in [0.29, 0.717) is 12.0 Å². The van der Waals surface area contributed by atoms with Crippen LogP contribution < -0.4 is 5.32 Å². The number of carbonyl (C=O) groups is 1. The summed E-state index contributed by atoms with van der Waals surface area (Å²) in [7, 11) is -3.05. The number of nitrogens with one attached hydrogen (secondary N) is 1. The third kappa shape index (κ3) is 3.89. The number of nitrogens with zero attached hydrogens (tertiary/aromatic N) is 4. The highest BCUT2D eigenvalue weighted by Crippen LogP contribution is 2.14. The highest BCUT2D eigenvalue weighted by molar-refractivity contribution is 7.91. The van der Waals surface area contributed by atoms with Crippen molar-refractivity contribution < 1.29 is 17.6 Å². The second-order valence-electron chi connectivity index (χ2n) is 5.32. The van der Waals surface area contributed by atoms with E-state index in [-0.39, 0.29) is 41.6 Å². The van der Waals surface area contributed by atoms with Gasteiger partial charge in [0.25, 0.3) is 0 Å². The minimum atomic E-state index is -3.05. The Hall–Kier alpha value is -2.36. The largest absolute Gasteiger partial charge is 0.351 e. The molecule has 1 N–H and O–H groups in total. The fraction of sp³-hybridized carbons (Fsp3) is 0.385. The summed E-state index contributed by atoms with van der Waals surface area (Å²) in [5.74, 6) is -0.415. The zero-order chi connectivity index (χ0) is 16.4. The van der Waals surface area contributed by atoms with Crippen molar-refractivity contribution in [1.29, 1.82) is 0 Å². The van der Waals surface area contributed by atoms with Crippen LogP contribution in [-0.2, 0) is 21.2 Å². The summed E-state index contributed by atoms with van der Waals surface area (Å²) in [6.07, 6.45) is 0.416. The molecule has 10 heteroatoms. The number of hydrogen-bond donors (Lipinski definition) is 1. The monoisotopic (exact) mass is 339 g/mol. The first kappa shape index (κ1) is 15.5. The van der Waals surface area contributed by atoms with E-state index in [1.165, 1.54) is 24.3 Å². The fourth-order valence-corrected chi connectivity index (χ4v) is 4.01. The Bertz CT molecular complexity index is 818. The molecule has 1 aromatic carbocycles. The zero-order valence-corrected chi connectivity index (χ0v) is 12.8. The van der Waals surface area contributed by atoms with Crippen molar-refractivity contribution in [2.24, 2.45) is 0 Å².